The topological polar surface area (TPSA) is 99.5 Å². The van der Waals surface area contributed by atoms with E-state index in [2.05, 4.69) is 20.5 Å². The van der Waals surface area contributed by atoms with E-state index in [1.165, 1.54) is 12.1 Å². The number of rotatable bonds is 4. The Labute approximate surface area is 164 Å². The molecule has 0 atom stereocenters. The predicted molar refractivity (Wildman–Crippen MR) is 103 cm³/mol. The zero-order chi connectivity index (χ0) is 21.0. The van der Waals surface area contributed by atoms with Gasteiger partial charge in [-0.2, -0.15) is 23.5 Å². The van der Waals surface area contributed by atoms with Gasteiger partial charge in [-0.25, -0.2) is 4.98 Å². The molecule has 9 heteroatoms. The third-order valence-electron chi connectivity index (χ3n) is 4.03. The number of anilines is 3. The van der Waals surface area contributed by atoms with E-state index in [-0.39, 0.29) is 28.6 Å². The lowest BCUT2D eigenvalue weighted by Crippen LogP contribution is -2.04. The largest absolute Gasteiger partial charge is 0.416 e. The van der Waals surface area contributed by atoms with Gasteiger partial charge in [-0.15, -0.1) is 5.11 Å². The average Bonchev–Trinajstić information content (AvgIpc) is 2.68. The number of nitrogen functional groups attached to an aromatic ring is 1. The predicted octanol–water partition coefficient (Wildman–Crippen LogP) is 6.02. The quantitative estimate of drug-likeness (QED) is 0.527. The zero-order valence-electron chi connectivity index (χ0n) is 15.2. The lowest BCUT2D eigenvalue weighted by atomic mass is 10.1. The number of nitrogens with two attached hydrogens (primary N) is 1. The van der Waals surface area contributed by atoms with E-state index in [1.807, 2.05) is 24.3 Å². The number of aromatic nitrogens is 1. The molecule has 1 heterocycles. The van der Waals surface area contributed by atoms with Crippen molar-refractivity contribution in [3.63, 3.8) is 0 Å². The van der Waals surface area contributed by atoms with Crippen LogP contribution in [0.15, 0.2) is 64.8 Å². The molecule has 0 aliphatic carbocycles. The number of benzene rings is 2. The van der Waals surface area contributed by atoms with Crippen molar-refractivity contribution in [2.24, 2.45) is 10.2 Å². The maximum absolute atomic E-state index is 12.8. The van der Waals surface area contributed by atoms with Crippen molar-refractivity contribution in [3.8, 4) is 6.07 Å². The summed E-state index contributed by atoms with van der Waals surface area (Å²) in [5.74, 6) is 0.252. The second-order valence-corrected chi connectivity index (χ2v) is 6.05. The van der Waals surface area contributed by atoms with Gasteiger partial charge in [-0.05, 0) is 37.3 Å². The lowest BCUT2D eigenvalue weighted by molar-refractivity contribution is -0.137. The van der Waals surface area contributed by atoms with E-state index in [0.29, 0.717) is 11.3 Å². The van der Waals surface area contributed by atoms with Crippen LogP contribution in [0.1, 0.15) is 16.7 Å². The first kappa shape index (κ1) is 19.8. The molecule has 3 rings (SSSR count). The zero-order valence-corrected chi connectivity index (χ0v) is 15.2. The van der Waals surface area contributed by atoms with Crippen LogP contribution in [0.2, 0.25) is 0 Å². The number of hydrogen-bond donors (Lipinski definition) is 2. The summed E-state index contributed by atoms with van der Waals surface area (Å²) < 4.78 is 38.5. The molecular weight excluding hydrogens is 381 g/mol. The summed E-state index contributed by atoms with van der Waals surface area (Å²) in [5, 5.41) is 20.3. The fraction of sp³-hybridized carbons (Fsp3) is 0.100. The molecule has 3 N–H and O–H groups in total. The van der Waals surface area contributed by atoms with E-state index in [9.17, 15) is 18.4 Å². The first-order chi connectivity index (χ1) is 13.8. The van der Waals surface area contributed by atoms with E-state index in [4.69, 9.17) is 5.73 Å². The monoisotopic (exact) mass is 396 g/mol. The van der Waals surface area contributed by atoms with Crippen LogP contribution < -0.4 is 11.1 Å². The van der Waals surface area contributed by atoms with Crippen LogP contribution >= 0.6 is 0 Å². The second-order valence-electron chi connectivity index (χ2n) is 6.05. The van der Waals surface area contributed by atoms with Crippen molar-refractivity contribution >= 4 is 28.7 Å². The molecule has 0 aliphatic rings. The molecule has 6 nitrogen and oxygen atoms in total. The fourth-order valence-corrected chi connectivity index (χ4v) is 2.58. The number of alkyl halides is 3. The van der Waals surface area contributed by atoms with Crippen molar-refractivity contribution in [2.45, 2.75) is 13.1 Å². The molecule has 0 amide bonds. The van der Waals surface area contributed by atoms with E-state index >= 15 is 0 Å². The summed E-state index contributed by atoms with van der Waals surface area (Å²) in [7, 11) is 0. The van der Waals surface area contributed by atoms with Crippen LogP contribution in [0, 0.1) is 18.3 Å². The van der Waals surface area contributed by atoms with E-state index in [0.717, 1.165) is 12.1 Å². The molecule has 0 saturated carbocycles. The van der Waals surface area contributed by atoms with Gasteiger partial charge in [0.1, 0.15) is 11.8 Å². The summed E-state index contributed by atoms with van der Waals surface area (Å²) in [4.78, 5) is 4.18. The second kappa shape index (κ2) is 7.98. The Morgan fingerprint density at radius 3 is 2.45 bits per heavy atom. The highest BCUT2D eigenvalue weighted by molar-refractivity contribution is 5.75. The standard InChI is InChI=1S/C20H15F3N6/c1-12-16(11-24)19(26-14-7-3-2-4-8-14)27-18(25)17(12)29-28-15-9-5-6-13(10-15)20(21,22)23/h2-10H,1H3,(H3,25,26,27). The Bertz CT molecular complexity index is 1100. The normalized spacial score (nSPS) is 11.4. The van der Waals surface area contributed by atoms with Crippen LogP contribution in [-0.4, -0.2) is 4.98 Å². The average molecular weight is 396 g/mol. The molecule has 3 aromatic rings. The van der Waals surface area contributed by atoms with Gasteiger partial charge in [0, 0.05) is 11.3 Å². The van der Waals surface area contributed by atoms with Crippen molar-refractivity contribution in [1.29, 1.82) is 5.26 Å². The Morgan fingerprint density at radius 1 is 1.07 bits per heavy atom. The Balaban J connectivity index is 1.97. The first-order valence-corrected chi connectivity index (χ1v) is 8.41. The molecule has 0 fully saturated rings. The van der Waals surface area contributed by atoms with Crippen LogP contribution in [0.4, 0.5) is 41.9 Å². The molecule has 0 unspecified atom stereocenters. The smallest absolute Gasteiger partial charge is 0.382 e. The first-order valence-electron chi connectivity index (χ1n) is 8.41. The molecular formula is C20H15F3N6. The minimum Gasteiger partial charge on any atom is -0.382 e. The van der Waals surface area contributed by atoms with Crippen LogP contribution in [-0.2, 0) is 6.18 Å². The van der Waals surface area contributed by atoms with Gasteiger partial charge in [0.05, 0.1) is 16.8 Å². The van der Waals surface area contributed by atoms with Gasteiger partial charge in [-0.3, -0.25) is 0 Å². The molecule has 1 aromatic heterocycles. The van der Waals surface area contributed by atoms with Gasteiger partial charge in [0.25, 0.3) is 0 Å². The maximum Gasteiger partial charge on any atom is 0.416 e. The van der Waals surface area contributed by atoms with Crippen molar-refractivity contribution < 1.29 is 13.2 Å². The highest BCUT2D eigenvalue weighted by Crippen LogP contribution is 2.35. The minimum absolute atomic E-state index is 0.00335. The summed E-state index contributed by atoms with van der Waals surface area (Å²) in [6.45, 7) is 1.62. The Hall–Kier alpha value is -3.93. The number of hydrogen-bond acceptors (Lipinski definition) is 6. The molecule has 0 bridgehead atoms. The van der Waals surface area contributed by atoms with E-state index < -0.39 is 11.7 Å². The third-order valence-corrected chi connectivity index (χ3v) is 4.03. The van der Waals surface area contributed by atoms with Gasteiger partial charge >= 0.3 is 6.18 Å². The van der Waals surface area contributed by atoms with Crippen LogP contribution in [0.5, 0.6) is 0 Å². The summed E-state index contributed by atoms with van der Waals surface area (Å²) in [6.07, 6.45) is -4.49. The number of para-hydroxylation sites is 1. The number of azo groups is 1. The Kier molecular flexibility index (Phi) is 5.45. The number of nitriles is 1. The lowest BCUT2D eigenvalue weighted by Gasteiger charge is -2.12. The summed E-state index contributed by atoms with van der Waals surface area (Å²) in [6, 6.07) is 15.6. The summed E-state index contributed by atoms with van der Waals surface area (Å²) in [5.41, 5.74) is 6.60. The fourth-order valence-electron chi connectivity index (χ4n) is 2.58. The highest BCUT2D eigenvalue weighted by atomic mass is 19.4. The van der Waals surface area contributed by atoms with Crippen molar-refractivity contribution in [3.05, 3.63) is 71.3 Å². The van der Waals surface area contributed by atoms with Crippen LogP contribution in [0.3, 0.4) is 0 Å². The number of nitrogens with one attached hydrogen (secondary N) is 1. The van der Waals surface area contributed by atoms with Gasteiger partial charge < -0.3 is 11.1 Å². The molecule has 29 heavy (non-hydrogen) atoms. The Morgan fingerprint density at radius 2 is 1.79 bits per heavy atom. The maximum atomic E-state index is 12.8. The van der Waals surface area contributed by atoms with Crippen LogP contribution in [0.25, 0.3) is 0 Å². The molecule has 0 saturated heterocycles. The molecule has 2 aromatic carbocycles. The molecule has 0 spiro atoms. The molecule has 146 valence electrons. The van der Waals surface area contributed by atoms with Crippen molar-refractivity contribution in [2.75, 3.05) is 11.1 Å². The SMILES string of the molecule is Cc1c(C#N)c(Nc2ccccc2)nc(N)c1N=Nc1cccc(C(F)(F)F)c1. The molecule has 0 radical (unpaired) electrons. The van der Waals surface area contributed by atoms with E-state index in [1.54, 1.807) is 19.1 Å². The minimum atomic E-state index is -4.49. The third kappa shape index (κ3) is 4.50. The highest BCUT2D eigenvalue weighted by Gasteiger charge is 2.30. The molecule has 0 aliphatic heterocycles. The van der Waals surface area contributed by atoms with Crippen molar-refractivity contribution in [1.82, 2.24) is 4.98 Å². The number of halogens is 3. The number of pyridine rings is 1. The van der Waals surface area contributed by atoms with Gasteiger partial charge in [0.15, 0.2) is 11.6 Å². The van der Waals surface area contributed by atoms with Gasteiger partial charge in [-0.1, -0.05) is 24.3 Å². The summed E-state index contributed by atoms with van der Waals surface area (Å²) >= 11 is 0. The number of nitrogens with zero attached hydrogens (tertiary/aromatic N) is 4. The van der Waals surface area contributed by atoms with Gasteiger partial charge in [0.2, 0.25) is 0 Å².